The van der Waals surface area contributed by atoms with E-state index in [0.29, 0.717) is 12.5 Å². The summed E-state index contributed by atoms with van der Waals surface area (Å²) in [5.74, 6) is 1.54. The summed E-state index contributed by atoms with van der Waals surface area (Å²) in [6, 6.07) is 20.6. The van der Waals surface area contributed by atoms with E-state index in [4.69, 9.17) is 0 Å². The zero-order chi connectivity index (χ0) is 16.8. The van der Waals surface area contributed by atoms with Crippen molar-refractivity contribution < 1.29 is 0 Å². The van der Waals surface area contributed by atoms with Gasteiger partial charge in [0.1, 0.15) is 5.82 Å². The lowest BCUT2D eigenvalue weighted by Crippen LogP contribution is -2.18. The Labute approximate surface area is 143 Å². The molecule has 0 saturated carbocycles. The summed E-state index contributed by atoms with van der Waals surface area (Å²) < 4.78 is 0. The highest BCUT2D eigenvalue weighted by atomic mass is 15.2. The fraction of sp³-hybridized carbons (Fsp3) is 0.200. The van der Waals surface area contributed by atoms with Crippen LogP contribution in [0.5, 0.6) is 0 Å². The van der Waals surface area contributed by atoms with Gasteiger partial charge in [0.05, 0.1) is 0 Å². The maximum Gasteiger partial charge on any atom is 0.224 e. The molecule has 0 spiro atoms. The molecule has 1 N–H and O–H groups in total. The first-order valence-electron chi connectivity index (χ1n) is 8.21. The standard InChI is InChI=1S/C20H22N4/c1-3-24(18-10-5-4-6-11-18)19-12-13-21-20(23-19)22-15-17-9-7-8-16(2)14-17/h4-14H,3,15H2,1-2H3,(H,21,22,23). The third-order valence-electron chi connectivity index (χ3n) is 3.83. The number of aryl methyl sites for hydroxylation is 1. The molecule has 1 heterocycles. The molecule has 4 heteroatoms. The summed E-state index contributed by atoms with van der Waals surface area (Å²) >= 11 is 0. The Morgan fingerprint density at radius 1 is 1.00 bits per heavy atom. The summed E-state index contributed by atoms with van der Waals surface area (Å²) in [6.07, 6.45) is 1.80. The summed E-state index contributed by atoms with van der Waals surface area (Å²) in [5, 5.41) is 3.31. The van der Waals surface area contributed by atoms with Gasteiger partial charge in [0.15, 0.2) is 0 Å². The van der Waals surface area contributed by atoms with Crippen molar-refractivity contribution >= 4 is 17.5 Å². The van der Waals surface area contributed by atoms with Crippen molar-refractivity contribution in [2.24, 2.45) is 0 Å². The van der Waals surface area contributed by atoms with E-state index in [0.717, 1.165) is 18.1 Å². The van der Waals surface area contributed by atoms with Gasteiger partial charge in [0, 0.05) is 25.0 Å². The Kier molecular flexibility index (Phi) is 5.06. The lowest BCUT2D eigenvalue weighted by atomic mass is 10.1. The Morgan fingerprint density at radius 3 is 2.58 bits per heavy atom. The molecule has 0 saturated heterocycles. The normalized spacial score (nSPS) is 10.4. The molecule has 0 fully saturated rings. The number of rotatable bonds is 6. The van der Waals surface area contributed by atoms with E-state index in [1.807, 2.05) is 24.3 Å². The third kappa shape index (κ3) is 3.90. The lowest BCUT2D eigenvalue weighted by Gasteiger charge is -2.22. The van der Waals surface area contributed by atoms with E-state index in [9.17, 15) is 0 Å². The number of aromatic nitrogens is 2. The SMILES string of the molecule is CCN(c1ccccc1)c1ccnc(NCc2cccc(C)c2)n1. The van der Waals surface area contributed by atoms with E-state index in [1.165, 1.54) is 11.1 Å². The molecular formula is C20H22N4. The molecule has 0 aliphatic carbocycles. The quantitative estimate of drug-likeness (QED) is 0.723. The number of nitrogens with zero attached hydrogens (tertiary/aromatic N) is 3. The van der Waals surface area contributed by atoms with Gasteiger partial charge in [0.2, 0.25) is 5.95 Å². The average Bonchev–Trinajstić information content (AvgIpc) is 2.62. The Bertz CT molecular complexity index is 786. The lowest BCUT2D eigenvalue weighted by molar-refractivity contribution is 0.966. The Balaban J connectivity index is 1.76. The first kappa shape index (κ1) is 16.0. The van der Waals surface area contributed by atoms with Crippen molar-refractivity contribution in [1.29, 1.82) is 0 Å². The van der Waals surface area contributed by atoms with Gasteiger partial charge >= 0.3 is 0 Å². The van der Waals surface area contributed by atoms with Gasteiger partial charge in [-0.15, -0.1) is 0 Å². The Hall–Kier alpha value is -2.88. The van der Waals surface area contributed by atoms with Gasteiger partial charge in [0.25, 0.3) is 0 Å². The van der Waals surface area contributed by atoms with E-state index in [1.54, 1.807) is 6.20 Å². The van der Waals surface area contributed by atoms with Crippen LogP contribution in [0.4, 0.5) is 17.5 Å². The second kappa shape index (κ2) is 7.59. The van der Waals surface area contributed by atoms with Gasteiger partial charge in [-0.05, 0) is 37.6 Å². The molecule has 122 valence electrons. The van der Waals surface area contributed by atoms with Crippen LogP contribution < -0.4 is 10.2 Å². The van der Waals surface area contributed by atoms with Crippen molar-refractivity contribution in [3.8, 4) is 0 Å². The van der Waals surface area contributed by atoms with Crippen LogP contribution in [0.3, 0.4) is 0 Å². The highest BCUT2D eigenvalue weighted by molar-refractivity contribution is 5.60. The van der Waals surface area contributed by atoms with Gasteiger partial charge in [-0.3, -0.25) is 0 Å². The largest absolute Gasteiger partial charge is 0.350 e. The van der Waals surface area contributed by atoms with E-state index >= 15 is 0 Å². The topological polar surface area (TPSA) is 41.1 Å². The van der Waals surface area contributed by atoms with Crippen molar-refractivity contribution in [3.63, 3.8) is 0 Å². The average molecular weight is 318 g/mol. The number of anilines is 3. The summed E-state index contributed by atoms with van der Waals surface area (Å²) in [5.41, 5.74) is 3.60. The predicted molar refractivity (Wildman–Crippen MR) is 99.7 cm³/mol. The maximum absolute atomic E-state index is 4.66. The molecule has 0 bridgehead atoms. The molecule has 4 nitrogen and oxygen atoms in total. The Morgan fingerprint density at radius 2 is 1.83 bits per heavy atom. The second-order valence-corrected chi connectivity index (χ2v) is 5.66. The fourth-order valence-corrected chi connectivity index (χ4v) is 2.67. The van der Waals surface area contributed by atoms with Gasteiger partial charge in [-0.2, -0.15) is 4.98 Å². The van der Waals surface area contributed by atoms with Crippen molar-refractivity contribution in [3.05, 3.63) is 78.0 Å². The highest BCUT2D eigenvalue weighted by Gasteiger charge is 2.09. The van der Waals surface area contributed by atoms with E-state index < -0.39 is 0 Å². The monoisotopic (exact) mass is 318 g/mol. The van der Waals surface area contributed by atoms with Crippen LogP contribution in [-0.2, 0) is 6.54 Å². The first-order chi connectivity index (χ1) is 11.8. The van der Waals surface area contributed by atoms with Crippen LogP contribution in [0.15, 0.2) is 66.9 Å². The first-order valence-corrected chi connectivity index (χ1v) is 8.21. The van der Waals surface area contributed by atoms with Gasteiger partial charge < -0.3 is 10.2 Å². The summed E-state index contributed by atoms with van der Waals surface area (Å²) in [7, 11) is 0. The maximum atomic E-state index is 4.66. The molecular weight excluding hydrogens is 296 g/mol. The van der Waals surface area contributed by atoms with Crippen LogP contribution in [0.1, 0.15) is 18.1 Å². The third-order valence-corrected chi connectivity index (χ3v) is 3.83. The van der Waals surface area contributed by atoms with Crippen molar-refractivity contribution in [2.75, 3.05) is 16.8 Å². The highest BCUT2D eigenvalue weighted by Crippen LogP contribution is 2.23. The van der Waals surface area contributed by atoms with E-state index in [-0.39, 0.29) is 0 Å². The van der Waals surface area contributed by atoms with Crippen LogP contribution in [0.2, 0.25) is 0 Å². The number of hydrogen-bond acceptors (Lipinski definition) is 4. The van der Waals surface area contributed by atoms with Crippen molar-refractivity contribution in [1.82, 2.24) is 9.97 Å². The summed E-state index contributed by atoms with van der Waals surface area (Å²) in [6.45, 7) is 5.77. The van der Waals surface area contributed by atoms with Crippen molar-refractivity contribution in [2.45, 2.75) is 20.4 Å². The minimum Gasteiger partial charge on any atom is -0.350 e. The summed E-state index contributed by atoms with van der Waals surface area (Å²) in [4.78, 5) is 11.2. The van der Waals surface area contributed by atoms with Crippen LogP contribution >= 0.6 is 0 Å². The van der Waals surface area contributed by atoms with Crippen LogP contribution in [-0.4, -0.2) is 16.5 Å². The molecule has 1 aromatic heterocycles. The van der Waals surface area contributed by atoms with Crippen LogP contribution in [0.25, 0.3) is 0 Å². The molecule has 0 aliphatic rings. The molecule has 3 rings (SSSR count). The molecule has 0 radical (unpaired) electrons. The molecule has 24 heavy (non-hydrogen) atoms. The number of nitrogens with one attached hydrogen (secondary N) is 1. The number of benzene rings is 2. The smallest absolute Gasteiger partial charge is 0.224 e. The van der Waals surface area contributed by atoms with E-state index in [2.05, 4.69) is 70.4 Å². The fourth-order valence-electron chi connectivity index (χ4n) is 2.67. The zero-order valence-electron chi connectivity index (χ0n) is 14.1. The molecule has 3 aromatic rings. The number of hydrogen-bond donors (Lipinski definition) is 1. The van der Waals surface area contributed by atoms with Gasteiger partial charge in [-0.25, -0.2) is 4.98 Å². The molecule has 0 amide bonds. The molecule has 0 aliphatic heterocycles. The number of para-hydroxylation sites is 1. The molecule has 0 unspecified atom stereocenters. The predicted octanol–water partition coefficient (Wildman–Crippen LogP) is 4.56. The molecule has 2 aromatic carbocycles. The van der Waals surface area contributed by atoms with Crippen LogP contribution in [0, 0.1) is 6.92 Å². The van der Waals surface area contributed by atoms with Gasteiger partial charge in [-0.1, -0.05) is 48.0 Å². The minimum absolute atomic E-state index is 0.642. The zero-order valence-corrected chi connectivity index (χ0v) is 14.1. The second-order valence-electron chi connectivity index (χ2n) is 5.66. The minimum atomic E-state index is 0.642. The molecule has 0 atom stereocenters.